The summed E-state index contributed by atoms with van der Waals surface area (Å²) >= 11 is 0. The third-order valence-corrected chi connectivity index (χ3v) is 1.60. The van der Waals surface area contributed by atoms with Crippen molar-refractivity contribution >= 4 is 6.72 Å². The maximum Gasteiger partial charge on any atom is 0.0554 e. The normalized spacial score (nSPS) is 14.0. The molecule has 0 bridgehead atoms. The molecule has 0 spiro atoms. The SMILES string of the molecule is C=N/C(C)=C(\C)N/C(C)=C\C. The van der Waals surface area contributed by atoms with Crippen LogP contribution in [0, 0.1) is 0 Å². The summed E-state index contributed by atoms with van der Waals surface area (Å²) in [6, 6.07) is 0. The topological polar surface area (TPSA) is 24.4 Å². The van der Waals surface area contributed by atoms with Crippen LogP contribution in [-0.4, -0.2) is 6.72 Å². The van der Waals surface area contributed by atoms with Gasteiger partial charge < -0.3 is 5.32 Å². The first-order valence-electron chi connectivity index (χ1n) is 3.66. The van der Waals surface area contributed by atoms with E-state index in [9.17, 15) is 0 Å². The lowest BCUT2D eigenvalue weighted by Crippen LogP contribution is -2.08. The van der Waals surface area contributed by atoms with Crippen LogP contribution in [0.2, 0.25) is 0 Å². The Hall–Kier alpha value is -1.05. The number of nitrogens with zero attached hydrogens (tertiary/aromatic N) is 1. The first kappa shape index (κ1) is 9.95. The Morgan fingerprint density at radius 3 is 2.27 bits per heavy atom. The summed E-state index contributed by atoms with van der Waals surface area (Å²) < 4.78 is 0. The molecule has 1 N–H and O–H groups in total. The lowest BCUT2D eigenvalue weighted by molar-refractivity contribution is 0.931. The van der Waals surface area contributed by atoms with Crippen LogP contribution in [0.25, 0.3) is 0 Å². The predicted octanol–water partition coefficient (Wildman–Crippen LogP) is 2.45. The van der Waals surface area contributed by atoms with Crippen LogP contribution in [0.15, 0.2) is 28.2 Å². The Bertz CT molecular complexity index is 200. The first-order chi connectivity index (χ1) is 5.11. The third-order valence-electron chi connectivity index (χ3n) is 1.60. The Kier molecular flexibility index (Phi) is 4.27. The number of aliphatic imine (C=N–C) groups is 1. The molecule has 0 aromatic heterocycles. The zero-order valence-corrected chi connectivity index (χ0v) is 7.73. The second-order valence-electron chi connectivity index (χ2n) is 2.47. The fraction of sp³-hybridized carbons (Fsp3) is 0.444. The molecule has 0 saturated carbocycles. The van der Waals surface area contributed by atoms with Crippen LogP contribution in [0.4, 0.5) is 0 Å². The molecule has 0 rings (SSSR count). The van der Waals surface area contributed by atoms with Crippen LogP contribution < -0.4 is 5.32 Å². The van der Waals surface area contributed by atoms with Crippen LogP contribution in [0.3, 0.4) is 0 Å². The highest BCUT2D eigenvalue weighted by atomic mass is 14.9. The fourth-order valence-electron chi connectivity index (χ4n) is 0.577. The summed E-state index contributed by atoms with van der Waals surface area (Å²) in [5.41, 5.74) is 3.12. The van der Waals surface area contributed by atoms with Gasteiger partial charge in [-0.1, -0.05) is 6.08 Å². The lowest BCUT2D eigenvalue weighted by atomic mass is 10.3. The van der Waals surface area contributed by atoms with Gasteiger partial charge in [-0.3, -0.25) is 4.99 Å². The molecular weight excluding hydrogens is 136 g/mol. The van der Waals surface area contributed by atoms with Gasteiger partial charge in [0.15, 0.2) is 0 Å². The van der Waals surface area contributed by atoms with Gasteiger partial charge in [0.1, 0.15) is 0 Å². The molecule has 0 aromatic carbocycles. The number of nitrogens with one attached hydrogen (secondary N) is 1. The molecule has 0 aliphatic carbocycles. The van der Waals surface area contributed by atoms with Gasteiger partial charge >= 0.3 is 0 Å². The number of hydrogen-bond acceptors (Lipinski definition) is 2. The minimum absolute atomic E-state index is 0.936. The zero-order chi connectivity index (χ0) is 8.85. The van der Waals surface area contributed by atoms with Gasteiger partial charge in [0, 0.05) is 11.4 Å². The number of allylic oxidation sites excluding steroid dienone is 4. The van der Waals surface area contributed by atoms with E-state index in [0.717, 1.165) is 17.1 Å². The molecular formula is C9H16N2. The van der Waals surface area contributed by atoms with Crippen LogP contribution in [0.5, 0.6) is 0 Å². The van der Waals surface area contributed by atoms with Gasteiger partial charge in [-0.15, -0.1) is 0 Å². The van der Waals surface area contributed by atoms with E-state index in [2.05, 4.69) is 17.0 Å². The predicted molar refractivity (Wildman–Crippen MR) is 50.5 cm³/mol. The quantitative estimate of drug-likeness (QED) is 0.617. The maximum atomic E-state index is 3.82. The van der Waals surface area contributed by atoms with E-state index in [-0.39, 0.29) is 0 Å². The summed E-state index contributed by atoms with van der Waals surface area (Å²) in [7, 11) is 0. The van der Waals surface area contributed by atoms with Gasteiger partial charge in [-0.2, -0.15) is 0 Å². The standard InChI is InChI=1S/C9H16N2/c1-6-7(2)11-9(4)8(3)10-5/h6,11H,5H2,1-4H3/b7-6-,9-8+. The van der Waals surface area contributed by atoms with Gasteiger partial charge in [0.25, 0.3) is 0 Å². The second-order valence-corrected chi connectivity index (χ2v) is 2.47. The van der Waals surface area contributed by atoms with E-state index in [1.54, 1.807) is 0 Å². The summed E-state index contributed by atoms with van der Waals surface area (Å²) in [6.45, 7) is 11.4. The molecule has 0 radical (unpaired) electrons. The molecule has 11 heavy (non-hydrogen) atoms. The monoisotopic (exact) mass is 152 g/mol. The minimum atomic E-state index is 0.936. The van der Waals surface area contributed by atoms with E-state index >= 15 is 0 Å². The highest BCUT2D eigenvalue weighted by Gasteiger charge is 1.92. The van der Waals surface area contributed by atoms with Gasteiger partial charge in [0.05, 0.1) is 5.70 Å². The Morgan fingerprint density at radius 2 is 1.91 bits per heavy atom. The van der Waals surface area contributed by atoms with Crippen LogP contribution in [-0.2, 0) is 0 Å². The first-order valence-corrected chi connectivity index (χ1v) is 3.66. The molecule has 2 nitrogen and oxygen atoms in total. The maximum absolute atomic E-state index is 3.82. The van der Waals surface area contributed by atoms with E-state index in [1.807, 2.05) is 33.8 Å². The molecule has 0 aromatic rings. The van der Waals surface area contributed by atoms with Crippen molar-refractivity contribution < 1.29 is 0 Å². The molecule has 0 aliphatic heterocycles. The molecule has 0 amide bonds. The second kappa shape index (κ2) is 4.72. The van der Waals surface area contributed by atoms with Crippen LogP contribution >= 0.6 is 0 Å². The Morgan fingerprint density at radius 1 is 1.36 bits per heavy atom. The highest BCUT2D eigenvalue weighted by Crippen LogP contribution is 2.02. The molecule has 0 atom stereocenters. The van der Waals surface area contributed by atoms with E-state index in [1.165, 1.54) is 0 Å². The third kappa shape index (κ3) is 3.61. The highest BCUT2D eigenvalue weighted by molar-refractivity contribution is 5.30. The van der Waals surface area contributed by atoms with Crippen molar-refractivity contribution in [1.82, 2.24) is 5.32 Å². The number of hydrogen-bond donors (Lipinski definition) is 1. The Labute approximate surface area is 68.7 Å². The van der Waals surface area contributed by atoms with Crippen LogP contribution in [0.1, 0.15) is 27.7 Å². The summed E-state index contributed by atoms with van der Waals surface area (Å²) in [4.78, 5) is 3.82. The average Bonchev–Trinajstić information content (AvgIpc) is 2.02. The van der Waals surface area contributed by atoms with Crippen molar-refractivity contribution in [3.8, 4) is 0 Å². The number of rotatable bonds is 3. The van der Waals surface area contributed by atoms with Gasteiger partial charge in [-0.05, 0) is 34.4 Å². The molecule has 2 heteroatoms. The van der Waals surface area contributed by atoms with Crippen molar-refractivity contribution in [3.63, 3.8) is 0 Å². The smallest absolute Gasteiger partial charge is 0.0554 e. The molecule has 0 heterocycles. The molecule has 0 unspecified atom stereocenters. The van der Waals surface area contributed by atoms with Crippen molar-refractivity contribution in [2.24, 2.45) is 4.99 Å². The van der Waals surface area contributed by atoms with Crippen molar-refractivity contribution in [3.05, 3.63) is 23.2 Å². The zero-order valence-electron chi connectivity index (χ0n) is 7.73. The van der Waals surface area contributed by atoms with Gasteiger partial charge in [0.2, 0.25) is 0 Å². The van der Waals surface area contributed by atoms with Crippen molar-refractivity contribution in [2.75, 3.05) is 0 Å². The van der Waals surface area contributed by atoms with Crippen molar-refractivity contribution in [1.29, 1.82) is 0 Å². The van der Waals surface area contributed by atoms with Gasteiger partial charge in [-0.25, -0.2) is 0 Å². The molecule has 0 fully saturated rings. The Balaban J connectivity index is 4.28. The van der Waals surface area contributed by atoms with E-state index in [4.69, 9.17) is 0 Å². The largest absolute Gasteiger partial charge is 0.362 e. The molecule has 0 aliphatic rings. The summed E-state index contributed by atoms with van der Waals surface area (Å²) in [6.07, 6.45) is 2.01. The lowest BCUT2D eigenvalue weighted by Gasteiger charge is -2.06. The van der Waals surface area contributed by atoms with E-state index < -0.39 is 0 Å². The average molecular weight is 152 g/mol. The summed E-state index contributed by atoms with van der Waals surface area (Å²) in [5.74, 6) is 0. The minimum Gasteiger partial charge on any atom is -0.362 e. The fourth-order valence-corrected chi connectivity index (χ4v) is 0.577. The molecule has 62 valence electrons. The molecule has 0 saturated heterocycles. The summed E-state index contributed by atoms with van der Waals surface area (Å²) in [5, 5.41) is 3.19. The van der Waals surface area contributed by atoms with E-state index in [0.29, 0.717) is 0 Å². The van der Waals surface area contributed by atoms with Crippen molar-refractivity contribution in [2.45, 2.75) is 27.7 Å².